The van der Waals surface area contributed by atoms with E-state index in [4.69, 9.17) is 14.0 Å². The SMILES string of the molecule is COc1ccc(CCNC(=O)c2ccsc2NC(=O)c2c(C)noc2C)cc1OC. The van der Waals surface area contributed by atoms with Crippen LogP contribution in [0.15, 0.2) is 34.2 Å². The summed E-state index contributed by atoms with van der Waals surface area (Å²) in [5, 5.41) is 11.7. The van der Waals surface area contributed by atoms with Gasteiger partial charge in [-0.15, -0.1) is 11.3 Å². The molecule has 30 heavy (non-hydrogen) atoms. The number of hydrogen-bond acceptors (Lipinski definition) is 7. The van der Waals surface area contributed by atoms with Crippen LogP contribution < -0.4 is 20.1 Å². The number of ether oxygens (including phenoxy) is 2. The molecule has 158 valence electrons. The molecule has 0 bridgehead atoms. The first-order valence-corrected chi connectivity index (χ1v) is 10.1. The molecule has 0 spiro atoms. The highest BCUT2D eigenvalue weighted by Crippen LogP contribution is 2.28. The van der Waals surface area contributed by atoms with Crippen molar-refractivity contribution in [1.29, 1.82) is 0 Å². The number of aromatic nitrogens is 1. The monoisotopic (exact) mass is 429 g/mol. The van der Waals surface area contributed by atoms with Crippen LogP contribution in [0.3, 0.4) is 0 Å². The van der Waals surface area contributed by atoms with Crippen LogP contribution in [0.1, 0.15) is 37.7 Å². The summed E-state index contributed by atoms with van der Waals surface area (Å²) < 4.78 is 15.6. The van der Waals surface area contributed by atoms with Crippen molar-refractivity contribution in [2.24, 2.45) is 0 Å². The summed E-state index contributed by atoms with van der Waals surface area (Å²) in [6.07, 6.45) is 0.622. The summed E-state index contributed by atoms with van der Waals surface area (Å²) in [5.74, 6) is 1.12. The minimum absolute atomic E-state index is 0.259. The molecule has 0 atom stereocenters. The van der Waals surface area contributed by atoms with Crippen molar-refractivity contribution >= 4 is 28.2 Å². The van der Waals surface area contributed by atoms with Gasteiger partial charge < -0.3 is 24.6 Å². The Morgan fingerprint density at radius 1 is 1.10 bits per heavy atom. The zero-order valence-corrected chi connectivity index (χ0v) is 18.0. The largest absolute Gasteiger partial charge is 0.493 e. The molecule has 0 saturated heterocycles. The van der Waals surface area contributed by atoms with Gasteiger partial charge in [0.2, 0.25) is 0 Å². The molecule has 0 aliphatic carbocycles. The van der Waals surface area contributed by atoms with Crippen molar-refractivity contribution in [2.75, 3.05) is 26.1 Å². The topological polar surface area (TPSA) is 103 Å². The zero-order chi connectivity index (χ0) is 21.7. The van der Waals surface area contributed by atoms with Crippen LogP contribution in [0.5, 0.6) is 11.5 Å². The number of anilines is 1. The van der Waals surface area contributed by atoms with Crippen LogP contribution in [0, 0.1) is 13.8 Å². The fourth-order valence-corrected chi connectivity index (χ4v) is 3.79. The van der Waals surface area contributed by atoms with Gasteiger partial charge in [-0.2, -0.15) is 0 Å². The predicted molar refractivity (Wildman–Crippen MR) is 114 cm³/mol. The quantitative estimate of drug-likeness (QED) is 0.567. The summed E-state index contributed by atoms with van der Waals surface area (Å²) in [4.78, 5) is 25.2. The average Bonchev–Trinajstić information content (AvgIpc) is 3.33. The maximum absolute atomic E-state index is 12.6. The fourth-order valence-electron chi connectivity index (χ4n) is 3.01. The van der Waals surface area contributed by atoms with E-state index in [-0.39, 0.29) is 11.8 Å². The summed E-state index contributed by atoms with van der Waals surface area (Å²) in [5.41, 5.74) is 2.29. The molecule has 2 amide bonds. The summed E-state index contributed by atoms with van der Waals surface area (Å²) in [6.45, 7) is 3.80. The number of nitrogens with zero attached hydrogens (tertiary/aromatic N) is 1. The summed E-state index contributed by atoms with van der Waals surface area (Å²) in [6, 6.07) is 7.31. The van der Waals surface area contributed by atoms with Crippen LogP contribution in [0.25, 0.3) is 0 Å². The second-order valence-electron chi connectivity index (χ2n) is 6.51. The molecule has 0 fully saturated rings. The van der Waals surface area contributed by atoms with Crippen molar-refractivity contribution in [3.05, 3.63) is 57.8 Å². The van der Waals surface area contributed by atoms with Crippen molar-refractivity contribution in [2.45, 2.75) is 20.3 Å². The van der Waals surface area contributed by atoms with Crippen LogP contribution in [-0.2, 0) is 6.42 Å². The Labute approximate surface area is 178 Å². The van der Waals surface area contributed by atoms with Crippen LogP contribution in [0.2, 0.25) is 0 Å². The Hall–Kier alpha value is -3.33. The molecule has 8 nitrogen and oxygen atoms in total. The number of methoxy groups -OCH3 is 2. The average molecular weight is 429 g/mol. The lowest BCUT2D eigenvalue weighted by molar-refractivity contribution is 0.0955. The molecule has 0 aliphatic rings. The number of carbonyl (C=O) groups excluding carboxylic acids is 2. The molecule has 0 saturated carbocycles. The number of aryl methyl sites for hydroxylation is 2. The van der Waals surface area contributed by atoms with Crippen molar-refractivity contribution in [1.82, 2.24) is 10.5 Å². The highest BCUT2D eigenvalue weighted by atomic mass is 32.1. The van der Waals surface area contributed by atoms with E-state index >= 15 is 0 Å². The van der Waals surface area contributed by atoms with Gasteiger partial charge in [-0.05, 0) is 49.4 Å². The zero-order valence-electron chi connectivity index (χ0n) is 17.2. The smallest absolute Gasteiger partial charge is 0.261 e. The van der Waals surface area contributed by atoms with Crippen molar-refractivity contribution < 1.29 is 23.6 Å². The molecule has 0 aliphatic heterocycles. The van der Waals surface area contributed by atoms with Gasteiger partial charge in [0, 0.05) is 6.54 Å². The lowest BCUT2D eigenvalue weighted by Crippen LogP contribution is -2.26. The molecule has 3 aromatic rings. The molecule has 2 aromatic heterocycles. The van der Waals surface area contributed by atoms with E-state index in [2.05, 4.69) is 15.8 Å². The first-order chi connectivity index (χ1) is 14.4. The Morgan fingerprint density at radius 3 is 2.53 bits per heavy atom. The van der Waals surface area contributed by atoms with E-state index < -0.39 is 0 Å². The summed E-state index contributed by atoms with van der Waals surface area (Å²) in [7, 11) is 3.17. The number of nitrogens with one attached hydrogen (secondary N) is 2. The fraction of sp³-hybridized carbons (Fsp3) is 0.286. The molecule has 0 radical (unpaired) electrons. The minimum Gasteiger partial charge on any atom is -0.493 e. The highest BCUT2D eigenvalue weighted by Gasteiger charge is 2.21. The van der Waals surface area contributed by atoms with Gasteiger partial charge in [-0.3, -0.25) is 9.59 Å². The third-order valence-corrected chi connectivity index (χ3v) is 5.37. The lowest BCUT2D eigenvalue weighted by atomic mass is 10.1. The van der Waals surface area contributed by atoms with Gasteiger partial charge >= 0.3 is 0 Å². The van der Waals surface area contributed by atoms with Crippen LogP contribution in [0.4, 0.5) is 5.00 Å². The Balaban J connectivity index is 1.61. The third kappa shape index (κ3) is 4.62. The first-order valence-electron chi connectivity index (χ1n) is 9.25. The van der Waals surface area contributed by atoms with Crippen LogP contribution >= 0.6 is 11.3 Å². The molecular weight excluding hydrogens is 406 g/mol. The Kier molecular flexibility index (Phi) is 6.73. The molecule has 2 N–H and O–H groups in total. The van der Waals surface area contributed by atoms with Crippen LogP contribution in [-0.4, -0.2) is 37.7 Å². The molecule has 2 heterocycles. The first kappa shape index (κ1) is 21.4. The van der Waals surface area contributed by atoms with E-state index in [9.17, 15) is 9.59 Å². The lowest BCUT2D eigenvalue weighted by Gasteiger charge is -2.10. The third-order valence-electron chi connectivity index (χ3n) is 4.54. The van der Waals surface area contributed by atoms with Gasteiger partial charge in [0.05, 0.1) is 25.5 Å². The second-order valence-corrected chi connectivity index (χ2v) is 7.43. The highest BCUT2D eigenvalue weighted by molar-refractivity contribution is 7.14. The maximum Gasteiger partial charge on any atom is 0.261 e. The number of rotatable bonds is 8. The van der Waals surface area contributed by atoms with E-state index in [1.807, 2.05) is 18.2 Å². The molecule has 9 heteroatoms. The molecule has 0 unspecified atom stereocenters. The second kappa shape index (κ2) is 9.45. The molecular formula is C21H23N3O5S. The van der Waals surface area contributed by atoms with Gasteiger partial charge in [-0.25, -0.2) is 0 Å². The van der Waals surface area contributed by atoms with E-state index in [0.717, 1.165) is 5.56 Å². The summed E-state index contributed by atoms with van der Waals surface area (Å²) >= 11 is 1.28. The van der Waals surface area contributed by atoms with E-state index in [1.54, 1.807) is 39.5 Å². The van der Waals surface area contributed by atoms with E-state index in [0.29, 0.717) is 52.0 Å². The molecule has 3 rings (SSSR count). The van der Waals surface area contributed by atoms with Gasteiger partial charge in [0.1, 0.15) is 16.3 Å². The van der Waals surface area contributed by atoms with Gasteiger partial charge in [0.15, 0.2) is 11.5 Å². The Morgan fingerprint density at radius 2 is 1.87 bits per heavy atom. The minimum atomic E-state index is -0.354. The molecule has 1 aromatic carbocycles. The van der Waals surface area contributed by atoms with Gasteiger partial charge in [-0.1, -0.05) is 11.2 Å². The maximum atomic E-state index is 12.6. The number of hydrogen-bond donors (Lipinski definition) is 2. The number of benzene rings is 1. The number of thiophene rings is 1. The normalized spacial score (nSPS) is 10.5. The van der Waals surface area contributed by atoms with E-state index in [1.165, 1.54) is 11.3 Å². The Bertz CT molecular complexity index is 1040. The van der Waals surface area contributed by atoms with Crippen molar-refractivity contribution in [3.63, 3.8) is 0 Å². The number of amides is 2. The predicted octanol–water partition coefficient (Wildman–Crippen LogP) is 3.59. The standard InChI is InChI=1S/C21H23N3O5S/c1-12-18(13(2)29-24-12)20(26)23-21-15(8-10-30-21)19(25)22-9-7-14-5-6-16(27-3)17(11-14)28-4/h5-6,8,10-11H,7,9H2,1-4H3,(H,22,25)(H,23,26). The van der Waals surface area contributed by atoms with Crippen molar-refractivity contribution in [3.8, 4) is 11.5 Å². The number of carbonyl (C=O) groups is 2. The van der Waals surface area contributed by atoms with Gasteiger partial charge in [0.25, 0.3) is 11.8 Å².